The SMILES string of the molecule is C[C@@H](Oc1cc2c(-c3ccc(N4CCC[C@H]4C#N)nc3)n[nH]c2cc1F)c1c(Cl)cncc1Cl. The highest BCUT2D eigenvalue weighted by Crippen LogP contribution is 2.36. The van der Waals surface area contributed by atoms with Crippen LogP contribution in [-0.4, -0.2) is 32.8 Å². The van der Waals surface area contributed by atoms with Crippen LogP contribution in [0.3, 0.4) is 0 Å². The van der Waals surface area contributed by atoms with E-state index in [1.165, 1.54) is 18.5 Å². The monoisotopic (exact) mass is 496 g/mol. The van der Waals surface area contributed by atoms with Crippen LogP contribution in [0.1, 0.15) is 31.4 Å². The Labute approximate surface area is 205 Å². The molecule has 1 aromatic carbocycles. The average molecular weight is 497 g/mol. The Bertz CT molecular complexity index is 1380. The van der Waals surface area contributed by atoms with E-state index in [1.54, 1.807) is 19.2 Å². The largest absolute Gasteiger partial charge is 0.483 e. The number of pyridine rings is 2. The predicted octanol–water partition coefficient (Wildman–Crippen LogP) is 6.10. The molecule has 0 spiro atoms. The number of ether oxygens (including phenoxy) is 1. The summed E-state index contributed by atoms with van der Waals surface area (Å²) in [6, 6.07) is 8.88. The van der Waals surface area contributed by atoms with Crippen molar-refractivity contribution in [2.75, 3.05) is 11.4 Å². The number of nitrogens with one attached hydrogen (secondary N) is 1. The van der Waals surface area contributed by atoms with Crippen LogP contribution in [0.2, 0.25) is 10.0 Å². The van der Waals surface area contributed by atoms with Crippen molar-refractivity contribution in [2.45, 2.75) is 31.9 Å². The van der Waals surface area contributed by atoms with Crippen LogP contribution < -0.4 is 9.64 Å². The second kappa shape index (κ2) is 9.09. The van der Waals surface area contributed by atoms with Gasteiger partial charge in [-0.3, -0.25) is 10.1 Å². The number of rotatable bonds is 5. The molecule has 2 atom stereocenters. The lowest BCUT2D eigenvalue weighted by Gasteiger charge is -2.20. The lowest BCUT2D eigenvalue weighted by molar-refractivity contribution is 0.217. The number of H-pyrrole nitrogens is 1. The molecular weight excluding hydrogens is 478 g/mol. The minimum Gasteiger partial charge on any atom is -0.483 e. The van der Waals surface area contributed by atoms with Crippen molar-refractivity contribution in [3.63, 3.8) is 0 Å². The molecule has 0 amide bonds. The lowest BCUT2D eigenvalue weighted by Crippen LogP contribution is -2.28. The molecule has 4 aromatic rings. The number of anilines is 1. The van der Waals surface area contributed by atoms with Crippen LogP contribution in [0.15, 0.2) is 42.9 Å². The van der Waals surface area contributed by atoms with Gasteiger partial charge in [-0.15, -0.1) is 0 Å². The molecule has 0 aliphatic carbocycles. The Morgan fingerprint density at radius 1 is 1.24 bits per heavy atom. The Morgan fingerprint density at radius 2 is 2.03 bits per heavy atom. The third-order valence-corrected chi connectivity index (χ3v) is 6.54. The van der Waals surface area contributed by atoms with E-state index >= 15 is 0 Å². The maximum atomic E-state index is 14.8. The number of aromatic nitrogens is 4. The van der Waals surface area contributed by atoms with Crippen LogP contribution in [0, 0.1) is 17.1 Å². The van der Waals surface area contributed by atoms with Crippen LogP contribution >= 0.6 is 23.2 Å². The van der Waals surface area contributed by atoms with Crippen LogP contribution in [0.4, 0.5) is 10.2 Å². The van der Waals surface area contributed by atoms with E-state index in [0.717, 1.165) is 30.8 Å². The van der Waals surface area contributed by atoms with Crippen molar-refractivity contribution >= 4 is 39.9 Å². The summed E-state index contributed by atoms with van der Waals surface area (Å²) in [6.45, 7) is 2.54. The first-order chi connectivity index (χ1) is 16.5. The summed E-state index contributed by atoms with van der Waals surface area (Å²) in [7, 11) is 0. The fraction of sp³-hybridized carbons (Fsp3) is 0.250. The van der Waals surface area contributed by atoms with E-state index in [4.69, 9.17) is 27.9 Å². The van der Waals surface area contributed by atoms with E-state index in [2.05, 4.69) is 26.2 Å². The number of benzene rings is 1. The highest BCUT2D eigenvalue weighted by atomic mass is 35.5. The minimum absolute atomic E-state index is 0.0464. The number of fused-ring (bicyclic) bond motifs is 1. The molecule has 3 aromatic heterocycles. The smallest absolute Gasteiger partial charge is 0.167 e. The summed E-state index contributed by atoms with van der Waals surface area (Å²) in [5.41, 5.74) is 2.43. The van der Waals surface area contributed by atoms with Gasteiger partial charge in [0.2, 0.25) is 0 Å². The second-order valence-corrected chi connectivity index (χ2v) is 8.88. The van der Waals surface area contributed by atoms with Gasteiger partial charge in [0.05, 0.1) is 21.6 Å². The molecule has 1 aliphatic heterocycles. The van der Waals surface area contributed by atoms with E-state index in [-0.39, 0.29) is 11.8 Å². The van der Waals surface area contributed by atoms with Gasteiger partial charge in [0.15, 0.2) is 11.6 Å². The minimum atomic E-state index is -0.611. The van der Waals surface area contributed by atoms with E-state index < -0.39 is 11.9 Å². The summed E-state index contributed by atoms with van der Waals surface area (Å²) < 4.78 is 20.7. The Hall–Kier alpha value is -3.41. The van der Waals surface area contributed by atoms with Gasteiger partial charge >= 0.3 is 0 Å². The van der Waals surface area contributed by atoms with Crippen molar-refractivity contribution < 1.29 is 9.13 Å². The summed E-state index contributed by atoms with van der Waals surface area (Å²) in [6.07, 6.45) is 5.84. The number of hydrogen-bond donors (Lipinski definition) is 1. The Kier molecular flexibility index (Phi) is 5.98. The van der Waals surface area contributed by atoms with E-state index in [0.29, 0.717) is 32.2 Å². The molecule has 0 bridgehead atoms. The molecule has 5 rings (SSSR count). The van der Waals surface area contributed by atoms with E-state index in [1.807, 2.05) is 17.0 Å². The molecule has 0 unspecified atom stereocenters. The zero-order valence-electron chi connectivity index (χ0n) is 18.1. The van der Waals surface area contributed by atoms with Crippen molar-refractivity contribution in [2.24, 2.45) is 0 Å². The quantitative estimate of drug-likeness (QED) is 0.359. The standard InChI is InChI=1S/C24H19Cl2FN6O/c1-13(23-17(25)11-29-12-18(23)26)34-21-7-16-20(8-19(21)27)31-32-24(16)14-4-5-22(30-10-14)33-6-2-3-15(33)9-28/h4-5,7-8,10-13,15H,2-3,6H2,1H3,(H,31,32)/t13-,15+/m1/s1. The zero-order valence-corrected chi connectivity index (χ0v) is 19.6. The molecular formula is C24H19Cl2FN6O. The molecule has 7 nitrogen and oxygen atoms in total. The fourth-order valence-electron chi connectivity index (χ4n) is 4.26. The lowest BCUT2D eigenvalue weighted by atomic mass is 10.1. The van der Waals surface area contributed by atoms with Gasteiger partial charge in [-0.2, -0.15) is 10.4 Å². The zero-order chi connectivity index (χ0) is 23.8. The van der Waals surface area contributed by atoms with Gasteiger partial charge in [-0.25, -0.2) is 9.37 Å². The van der Waals surface area contributed by atoms with Gasteiger partial charge < -0.3 is 9.64 Å². The highest BCUT2D eigenvalue weighted by Gasteiger charge is 2.25. The molecule has 0 saturated carbocycles. The average Bonchev–Trinajstić information content (AvgIpc) is 3.46. The van der Waals surface area contributed by atoms with Gasteiger partial charge in [-0.1, -0.05) is 23.2 Å². The molecule has 172 valence electrons. The van der Waals surface area contributed by atoms with Crippen molar-refractivity contribution in [3.05, 3.63) is 64.3 Å². The summed E-state index contributed by atoms with van der Waals surface area (Å²) in [5, 5.41) is 17.9. The van der Waals surface area contributed by atoms with Crippen LogP contribution in [-0.2, 0) is 0 Å². The fourth-order valence-corrected chi connectivity index (χ4v) is 4.93. The number of nitrogens with zero attached hydrogens (tertiary/aromatic N) is 5. The summed E-state index contributed by atoms with van der Waals surface area (Å²) >= 11 is 12.5. The first kappa shape index (κ1) is 22.4. The Balaban J connectivity index is 1.46. The van der Waals surface area contributed by atoms with Gasteiger partial charge in [0.25, 0.3) is 0 Å². The maximum Gasteiger partial charge on any atom is 0.167 e. The van der Waals surface area contributed by atoms with Crippen molar-refractivity contribution in [1.29, 1.82) is 5.26 Å². The van der Waals surface area contributed by atoms with Crippen LogP contribution in [0.5, 0.6) is 5.75 Å². The molecule has 0 radical (unpaired) electrons. The summed E-state index contributed by atoms with van der Waals surface area (Å²) in [5.74, 6) is 0.258. The molecule has 4 heterocycles. The van der Waals surface area contributed by atoms with Crippen molar-refractivity contribution in [1.82, 2.24) is 20.2 Å². The van der Waals surface area contributed by atoms with Crippen LogP contribution in [0.25, 0.3) is 22.2 Å². The normalized spacial score (nSPS) is 16.6. The first-order valence-electron chi connectivity index (χ1n) is 10.7. The number of nitriles is 1. The molecule has 1 fully saturated rings. The first-order valence-corrected chi connectivity index (χ1v) is 11.5. The third-order valence-electron chi connectivity index (χ3n) is 5.93. The Morgan fingerprint density at radius 3 is 2.74 bits per heavy atom. The van der Waals surface area contributed by atoms with Crippen molar-refractivity contribution in [3.8, 4) is 23.1 Å². The maximum absolute atomic E-state index is 14.8. The third kappa shape index (κ3) is 4.02. The second-order valence-electron chi connectivity index (χ2n) is 8.06. The van der Waals surface area contributed by atoms with Gasteiger partial charge in [0.1, 0.15) is 23.7 Å². The molecule has 10 heteroatoms. The predicted molar refractivity (Wildman–Crippen MR) is 129 cm³/mol. The highest BCUT2D eigenvalue weighted by molar-refractivity contribution is 6.35. The molecule has 34 heavy (non-hydrogen) atoms. The number of halogens is 3. The van der Waals surface area contributed by atoms with Gasteiger partial charge in [-0.05, 0) is 38.0 Å². The molecule has 1 saturated heterocycles. The van der Waals surface area contributed by atoms with E-state index in [9.17, 15) is 9.65 Å². The van der Waals surface area contributed by atoms with Gasteiger partial charge in [0, 0.05) is 47.7 Å². The molecule has 1 N–H and O–H groups in total. The topological polar surface area (TPSA) is 90.7 Å². The summed E-state index contributed by atoms with van der Waals surface area (Å²) in [4.78, 5) is 10.5. The number of hydrogen-bond acceptors (Lipinski definition) is 6. The molecule has 1 aliphatic rings. The number of aromatic amines is 1.